The van der Waals surface area contributed by atoms with Crippen LogP contribution in [0.4, 0.5) is 0 Å². The summed E-state index contributed by atoms with van der Waals surface area (Å²) in [5.41, 5.74) is 1.37. The van der Waals surface area contributed by atoms with Crippen LogP contribution in [-0.2, 0) is 0 Å². The number of phenols is 1. The van der Waals surface area contributed by atoms with Crippen molar-refractivity contribution in [3.8, 4) is 5.75 Å². The summed E-state index contributed by atoms with van der Waals surface area (Å²) < 4.78 is 0. The second-order valence-corrected chi connectivity index (χ2v) is 5.95. The lowest BCUT2D eigenvalue weighted by atomic mass is 10.1. The van der Waals surface area contributed by atoms with Crippen molar-refractivity contribution in [3.05, 3.63) is 29.3 Å². The quantitative estimate of drug-likeness (QED) is 0.868. The van der Waals surface area contributed by atoms with Gasteiger partial charge in [0.2, 0.25) is 0 Å². The summed E-state index contributed by atoms with van der Waals surface area (Å²) in [7, 11) is 4.01. The Labute approximate surface area is 122 Å². The first-order chi connectivity index (χ1) is 9.31. The fourth-order valence-electron chi connectivity index (χ4n) is 2.01. The highest BCUT2D eigenvalue weighted by Crippen LogP contribution is 2.18. The van der Waals surface area contributed by atoms with Crippen molar-refractivity contribution in [1.29, 1.82) is 0 Å². The maximum Gasteiger partial charge on any atom is 0.253 e. The van der Waals surface area contributed by atoms with Crippen LogP contribution in [0.3, 0.4) is 0 Å². The Morgan fingerprint density at radius 2 is 1.90 bits per heavy atom. The predicted molar refractivity (Wildman–Crippen MR) is 82.1 cm³/mol. The summed E-state index contributed by atoms with van der Waals surface area (Å²) in [6.07, 6.45) is 0. The second-order valence-electron chi connectivity index (χ2n) is 5.95. The van der Waals surface area contributed by atoms with Crippen molar-refractivity contribution in [2.75, 3.05) is 33.7 Å². The number of phenolic OH excluding ortho intramolecular Hbond substituents is 1. The SMILES string of the molecule is Cc1cc(C(=O)N(CCN(C)C)CC(C)C)ccc1O. The van der Waals surface area contributed by atoms with E-state index in [0.29, 0.717) is 18.0 Å². The molecular formula is C16H26N2O2. The van der Waals surface area contributed by atoms with Crippen LogP contribution in [0.2, 0.25) is 0 Å². The van der Waals surface area contributed by atoms with Gasteiger partial charge in [0.1, 0.15) is 5.75 Å². The van der Waals surface area contributed by atoms with Gasteiger partial charge in [0.05, 0.1) is 0 Å². The molecule has 20 heavy (non-hydrogen) atoms. The lowest BCUT2D eigenvalue weighted by Gasteiger charge is -2.26. The number of rotatable bonds is 6. The standard InChI is InChI=1S/C16H26N2O2/c1-12(2)11-18(9-8-17(4)5)16(20)14-6-7-15(19)13(3)10-14/h6-7,10,12,19H,8-9,11H2,1-5H3. The number of carbonyl (C=O) groups excluding carboxylic acids is 1. The average Bonchev–Trinajstić information content (AvgIpc) is 2.36. The molecular weight excluding hydrogens is 252 g/mol. The van der Waals surface area contributed by atoms with Gasteiger partial charge >= 0.3 is 0 Å². The third-order valence-corrected chi connectivity index (χ3v) is 3.13. The normalized spacial score (nSPS) is 11.2. The van der Waals surface area contributed by atoms with Crippen molar-refractivity contribution >= 4 is 5.91 Å². The Hall–Kier alpha value is -1.55. The Morgan fingerprint density at radius 3 is 2.40 bits per heavy atom. The van der Waals surface area contributed by atoms with Gasteiger partial charge in [-0.05, 0) is 50.7 Å². The van der Waals surface area contributed by atoms with Crippen LogP contribution in [0.1, 0.15) is 29.8 Å². The highest BCUT2D eigenvalue weighted by atomic mass is 16.3. The number of hydrogen-bond acceptors (Lipinski definition) is 3. The monoisotopic (exact) mass is 278 g/mol. The first kappa shape index (κ1) is 16.5. The molecule has 4 nitrogen and oxygen atoms in total. The summed E-state index contributed by atoms with van der Waals surface area (Å²) in [6, 6.07) is 5.02. The number of amides is 1. The highest BCUT2D eigenvalue weighted by Gasteiger charge is 2.17. The fourth-order valence-corrected chi connectivity index (χ4v) is 2.01. The number of likely N-dealkylation sites (N-methyl/N-ethyl adjacent to an activating group) is 1. The lowest BCUT2D eigenvalue weighted by molar-refractivity contribution is 0.0724. The van der Waals surface area contributed by atoms with Crippen molar-refractivity contribution in [2.24, 2.45) is 5.92 Å². The summed E-state index contributed by atoms with van der Waals surface area (Å²) in [5.74, 6) is 0.688. The Balaban J connectivity index is 2.87. The molecule has 0 aromatic heterocycles. The Kier molecular flexibility index (Phi) is 6.02. The molecule has 1 rings (SSSR count). The molecule has 112 valence electrons. The van der Waals surface area contributed by atoms with E-state index < -0.39 is 0 Å². The third kappa shape index (κ3) is 4.85. The molecule has 0 unspecified atom stereocenters. The van der Waals surface area contributed by atoms with Gasteiger partial charge in [0.15, 0.2) is 0 Å². The second kappa shape index (κ2) is 7.29. The van der Waals surface area contributed by atoms with Crippen LogP contribution in [-0.4, -0.2) is 54.5 Å². The third-order valence-electron chi connectivity index (χ3n) is 3.13. The van der Waals surface area contributed by atoms with Crippen molar-refractivity contribution < 1.29 is 9.90 Å². The zero-order chi connectivity index (χ0) is 15.3. The minimum atomic E-state index is 0.0312. The maximum absolute atomic E-state index is 12.6. The number of hydrogen-bond donors (Lipinski definition) is 1. The van der Waals surface area contributed by atoms with Crippen LogP contribution in [0.15, 0.2) is 18.2 Å². The van der Waals surface area contributed by atoms with Crippen molar-refractivity contribution in [2.45, 2.75) is 20.8 Å². The molecule has 4 heteroatoms. The Morgan fingerprint density at radius 1 is 1.25 bits per heavy atom. The van der Waals surface area contributed by atoms with Crippen LogP contribution in [0.5, 0.6) is 5.75 Å². The van der Waals surface area contributed by atoms with E-state index in [-0.39, 0.29) is 11.7 Å². The number of aryl methyl sites for hydroxylation is 1. The van der Waals surface area contributed by atoms with E-state index in [0.717, 1.165) is 18.7 Å². The van der Waals surface area contributed by atoms with Gasteiger partial charge in [-0.3, -0.25) is 4.79 Å². The Bertz CT molecular complexity index is 456. The molecule has 0 saturated carbocycles. The number of nitrogens with zero attached hydrogens (tertiary/aromatic N) is 2. The molecule has 0 spiro atoms. The molecule has 0 bridgehead atoms. The van der Waals surface area contributed by atoms with Crippen LogP contribution in [0.25, 0.3) is 0 Å². The topological polar surface area (TPSA) is 43.8 Å². The van der Waals surface area contributed by atoms with E-state index in [1.807, 2.05) is 19.0 Å². The first-order valence-corrected chi connectivity index (χ1v) is 7.05. The van der Waals surface area contributed by atoms with Crippen molar-refractivity contribution in [1.82, 2.24) is 9.80 Å². The molecule has 0 aliphatic carbocycles. The number of carbonyl (C=O) groups is 1. The minimum Gasteiger partial charge on any atom is -0.508 e. The summed E-state index contributed by atoms with van der Waals surface area (Å²) >= 11 is 0. The van der Waals surface area contributed by atoms with E-state index in [2.05, 4.69) is 18.7 Å². The first-order valence-electron chi connectivity index (χ1n) is 7.05. The van der Waals surface area contributed by atoms with Gasteiger partial charge in [-0.2, -0.15) is 0 Å². The highest BCUT2D eigenvalue weighted by molar-refractivity contribution is 5.94. The lowest BCUT2D eigenvalue weighted by Crippen LogP contribution is -2.39. The van der Waals surface area contributed by atoms with E-state index in [4.69, 9.17) is 0 Å². The molecule has 1 aromatic rings. The zero-order valence-corrected chi connectivity index (χ0v) is 13.2. The molecule has 1 N–H and O–H groups in total. The van der Waals surface area contributed by atoms with E-state index in [1.54, 1.807) is 25.1 Å². The largest absolute Gasteiger partial charge is 0.508 e. The smallest absolute Gasteiger partial charge is 0.253 e. The summed E-state index contributed by atoms with van der Waals surface area (Å²) in [6.45, 7) is 8.32. The molecule has 0 heterocycles. The summed E-state index contributed by atoms with van der Waals surface area (Å²) in [4.78, 5) is 16.5. The van der Waals surface area contributed by atoms with Gasteiger partial charge < -0.3 is 14.9 Å². The van der Waals surface area contributed by atoms with Crippen LogP contribution < -0.4 is 0 Å². The van der Waals surface area contributed by atoms with Gasteiger partial charge in [-0.15, -0.1) is 0 Å². The van der Waals surface area contributed by atoms with E-state index in [1.165, 1.54) is 0 Å². The number of aromatic hydroxyl groups is 1. The van der Waals surface area contributed by atoms with Gasteiger partial charge in [0.25, 0.3) is 5.91 Å². The molecule has 0 fully saturated rings. The summed E-state index contributed by atoms with van der Waals surface area (Å²) in [5, 5.41) is 9.55. The zero-order valence-electron chi connectivity index (χ0n) is 13.2. The average molecular weight is 278 g/mol. The minimum absolute atomic E-state index is 0.0312. The molecule has 1 amide bonds. The molecule has 1 aromatic carbocycles. The fraction of sp³-hybridized carbons (Fsp3) is 0.562. The molecule has 0 radical (unpaired) electrons. The molecule has 0 aliphatic heterocycles. The molecule has 0 atom stereocenters. The maximum atomic E-state index is 12.6. The molecule has 0 saturated heterocycles. The number of benzene rings is 1. The van der Waals surface area contributed by atoms with Gasteiger partial charge in [-0.25, -0.2) is 0 Å². The predicted octanol–water partition coefficient (Wildman–Crippen LogP) is 2.36. The van der Waals surface area contributed by atoms with Crippen LogP contribution >= 0.6 is 0 Å². The van der Waals surface area contributed by atoms with Crippen molar-refractivity contribution in [3.63, 3.8) is 0 Å². The van der Waals surface area contributed by atoms with E-state index in [9.17, 15) is 9.90 Å². The van der Waals surface area contributed by atoms with Gasteiger partial charge in [-0.1, -0.05) is 13.8 Å². The van der Waals surface area contributed by atoms with Crippen LogP contribution in [0, 0.1) is 12.8 Å². The van der Waals surface area contributed by atoms with Gasteiger partial charge in [0, 0.05) is 25.2 Å². The van der Waals surface area contributed by atoms with E-state index >= 15 is 0 Å². The molecule has 0 aliphatic rings.